The number of carbonyl (C=O) groups is 1. The molecule has 3 aromatic rings. The van der Waals surface area contributed by atoms with Crippen LogP contribution in [0.5, 0.6) is 17.2 Å². The van der Waals surface area contributed by atoms with E-state index in [1.54, 1.807) is 7.11 Å². The van der Waals surface area contributed by atoms with Gasteiger partial charge in [-0.25, -0.2) is 0 Å². The number of carbonyl (C=O) groups excluding carboxylic acids is 1. The molecule has 1 amide bonds. The van der Waals surface area contributed by atoms with E-state index >= 15 is 0 Å². The fourth-order valence-electron chi connectivity index (χ4n) is 5.57. The van der Waals surface area contributed by atoms with Crippen LogP contribution in [-0.4, -0.2) is 51.4 Å². The molecule has 5 rings (SSSR count). The molecule has 1 aliphatic heterocycles. The van der Waals surface area contributed by atoms with Crippen molar-refractivity contribution in [2.45, 2.75) is 44.2 Å². The Morgan fingerprint density at radius 1 is 0.921 bits per heavy atom. The second kappa shape index (κ2) is 12.1. The number of hydrogen-bond donors (Lipinski definition) is 1. The van der Waals surface area contributed by atoms with Crippen LogP contribution in [0.2, 0.25) is 0 Å². The molecule has 1 aliphatic carbocycles. The molecule has 1 heterocycles. The fourth-order valence-corrected chi connectivity index (χ4v) is 5.57. The third-order valence-corrected chi connectivity index (χ3v) is 7.45. The average Bonchev–Trinajstić information content (AvgIpc) is 3.46. The van der Waals surface area contributed by atoms with Gasteiger partial charge in [-0.1, -0.05) is 42.5 Å². The van der Waals surface area contributed by atoms with Gasteiger partial charge in [-0.3, -0.25) is 4.79 Å². The van der Waals surface area contributed by atoms with E-state index in [1.165, 1.54) is 18.4 Å². The van der Waals surface area contributed by atoms with E-state index in [-0.39, 0.29) is 18.8 Å². The van der Waals surface area contributed by atoms with Crippen molar-refractivity contribution in [2.24, 2.45) is 5.73 Å². The molecule has 1 atom stereocenters. The monoisotopic (exact) mass is 515 g/mol. The summed E-state index contributed by atoms with van der Waals surface area (Å²) >= 11 is 0. The third-order valence-electron chi connectivity index (χ3n) is 7.45. The van der Waals surface area contributed by atoms with E-state index in [4.69, 9.17) is 19.9 Å². The van der Waals surface area contributed by atoms with Crippen LogP contribution >= 0.6 is 0 Å². The van der Waals surface area contributed by atoms with Crippen molar-refractivity contribution >= 4 is 17.3 Å². The van der Waals surface area contributed by atoms with Crippen molar-refractivity contribution in [2.75, 3.05) is 43.2 Å². The minimum Gasteiger partial charge on any atom is -0.493 e. The van der Waals surface area contributed by atoms with Gasteiger partial charge in [-0.2, -0.15) is 0 Å². The highest BCUT2D eigenvalue weighted by atomic mass is 16.5. The maximum atomic E-state index is 11.4. The van der Waals surface area contributed by atoms with E-state index in [0.29, 0.717) is 5.75 Å². The zero-order valence-corrected chi connectivity index (χ0v) is 22.1. The number of anilines is 2. The zero-order valence-electron chi connectivity index (χ0n) is 22.1. The number of rotatable bonds is 10. The molecule has 2 aliphatic rings. The van der Waals surface area contributed by atoms with Crippen LogP contribution in [0.4, 0.5) is 11.4 Å². The molecule has 1 saturated carbocycles. The molecule has 7 nitrogen and oxygen atoms in total. The minimum atomic E-state index is -0.486. The van der Waals surface area contributed by atoms with Crippen LogP contribution in [0.25, 0.3) is 0 Å². The zero-order chi connectivity index (χ0) is 26.3. The first kappa shape index (κ1) is 25.8. The second-order valence-corrected chi connectivity index (χ2v) is 10.1. The van der Waals surface area contributed by atoms with Gasteiger partial charge in [-0.05, 0) is 61.9 Å². The van der Waals surface area contributed by atoms with Crippen LogP contribution in [0.3, 0.4) is 0 Å². The van der Waals surface area contributed by atoms with Crippen molar-refractivity contribution in [3.05, 3.63) is 78.4 Å². The molecule has 200 valence electrons. The summed E-state index contributed by atoms with van der Waals surface area (Å²) in [5.41, 5.74) is 8.75. The number of nitrogens with zero attached hydrogens (tertiary/aromatic N) is 2. The topological polar surface area (TPSA) is 77.3 Å². The van der Waals surface area contributed by atoms with Crippen molar-refractivity contribution in [1.29, 1.82) is 0 Å². The van der Waals surface area contributed by atoms with Crippen molar-refractivity contribution in [3.63, 3.8) is 0 Å². The van der Waals surface area contributed by atoms with Crippen molar-refractivity contribution < 1.29 is 19.0 Å². The summed E-state index contributed by atoms with van der Waals surface area (Å²) in [6.07, 6.45) is 5.79. The molecule has 0 aromatic heterocycles. The fraction of sp³-hybridized carbons (Fsp3) is 0.387. The Morgan fingerprint density at radius 2 is 1.68 bits per heavy atom. The number of piperazine rings is 1. The first-order valence-electron chi connectivity index (χ1n) is 13.5. The number of ether oxygens (including phenoxy) is 3. The molecule has 38 heavy (non-hydrogen) atoms. The quantitative estimate of drug-likeness (QED) is 0.417. The van der Waals surface area contributed by atoms with Gasteiger partial charge in [0.15, 0.2) is 18.1 Å². The molecular formula is C31H37N3O4. The maximum Gasteiger partial charge on any atom is 0.255 e. The Labute approximate surface area is 225 Å². The number of primary amides is 1. The largest absolute Gasteiger partial charge is 0.493 e. The van der Waals surface area contributed by atoms with Crippen molar-refractivity contribution in [3.8, 4) is 17.2 Å². The number of methoxy groups -OCH3 is 1. The predicted octanol–water partition coefficient (Wildman–Crippen LogP) is 4.82. The lowest BCUT2D eigenvalue weighted by Crippen LogP contribution is -2.54. The van der Waals surface area contributed by atoms with E-state index in [1.807, 2.05) is 30.3 Å². The predicted molar refractivity (Wildman–Crippen MR) is 151 cm³/mol. The van der Waals surface area contributed by atoms with Crippen LogP contribution < -0.4 is 29.7 Å². The van der Waals surface area contributed by atoms with Gasteiger partial charge in [-0.15, -0.1) is 0 Å². The number of amides is 1. The van der Waals surface area contributed by atoms with Gasteiger partial charge in [0, 0.05) is 31.4 Å². The standard InChI is InChI=1S/C31H37N3O4/c1-36-29-16-15-24(20-30(29)38-26-11-5-6-12-26)33-17-18-34(25(21-33)19-23-9-3-2-4-10-23)27-13-7-8-14-28(27)37-22-31(32)35/h2-4,7-10,13-16,20,25-26H,5-6,11-12,17-19,21-22H2,1H3,(H2,32,35)/t25-/m0/s1. The van der Waals surface area contributed by atoms with E-state index < -0.39 is 5.91 Å². The number of benzene rings is 3. The SMILES string of the molecule is COc1ccc(N2CCN(c3ccccc3OCC(N)=O)[C@@H](Cc3ccccc3)C2)cc1OC1CCCC1. The Bertz CT molecular complexity index is 1210. The molecule has 0 bridgehead atoms. The summed E-state index contributed by atoms with van der Waals surface area (Å²) in [6, 6.07) is 24.9. The number of hydrogen-bond acceptors (Lipinski definition) is 6. The highest BCUT2D eigenvalue weighted by Crippen LogP contribution is 2.37. The number of para-hydroxylation sites is 2. The molecule has 0 radical (unpaired) electrons. The third kappa shape index (κ3) is 6.15. The normalized spacial score (nSPS) is 17.9. The summed E-state index contributed by atoms with van der Waals surface area (Å²) in [7, 11) is 1.70. The van der Waals surface area contributed by atoms with Gasteiger partial charge >= 0.3 is 0 Å². The van der Waals surface area contributed by atoms with Crippen LogP contribution in [0.1, 0.15) is 31.2 Å². The first-order chi connectivity index (χ1) is 18.6. The Morgan fingerprint density at radius 3 is 2.45 bits per heavy atom. The Hall–Kier alpha value is -3.87. The van der Waals surface area contributed by atoms with Gasteiger partial charge in [0.1, 0.15) is 5.75 Å². The van der Waals surface area contributed by atoms with E-state index in [9.17, 15) is 4.79 Å². The average molecular weight is 516 g/mol. The van der Waals surface area contributed by atoms with Gasteiger partial charge in [0.05, 0.1) is 24.9 Å². The summed E-state index contributed by atoms with van der Waals surface area (Å²) in [6.45, 7) is 2.33. The Kier molecular flexibility index (Phi) is 8.22. The molecule has 0 unspecified atom stereocenters. The smallest absolute Gasteiger partial charge is 0.255 e. The van der Waals surface area contributed by atoms with E-state index in [0.717, 1.165) is 61.8 Å². The molecule has 3 aromatic carbocycles. The molecule has 2 fully saturated rings. The minimum absolute atomic E-state index is 0.143. The van der Waals surface area contributed by atoms with Gasteiger partial charge in [0.25, 0.3) is 5.91 Å². The van der Waals surface area contributed by atoms with Crippen LogP contribution in [-0.2, 0) is 11.2 Å². The second-order valence-electron chi connectivity index (χ2n) is 10.1. The van der Waals surface area contributed by atoms with Crippen LogP contribution in [0.15, 0.2) is 72.8 Å². The highest BCUT2D eigenvalue weighted by molar-refractivity contribution is 5.75. The highest BCUT2D eigenvalue weighted by Gasteiger charge is 2.30. The number of nitrogens with two attached hydrogens (primary N) is 1. The van der Waals surface area contributed by atoms with Crippen LogP contribution in [0, 0.1) is 0 Å². The summed E-state index contributed by atoms with van der Waals surface area (Å²) < 4.78 is 17.8. The van der Waals surface area contributed by atoms with E-state index in [2.05, 4.69) is 52.3 Å². The van der Waals surface area contributed by atoms with Gasteiger partial charge in [0.2, 0.25) is 0 Å². The summed E-state index contributed by atoms with van der Waals surface area (Å²) in [5, 5.41) is 0. The first-order valence-corrected chi connectivity index (χ1v) is 13.5. The lowest BCUT2D eigenvalue weighted by molar-refractivity contribution is -0.119. The maximum absolute atomic E-state index is 11.4. The Balaban J connectivity index is 1.41. The summed E-state index contributed by atoms with van der Waals surface area (Å²) in [5.74, 6) is 1.79. The summed E-state index contributed by atoms with van der Waals surface area (Å²) in [4.78, 5) is 16.2. The lowest BCUT2D eigenvalue weighted by atomic mass is 10.0. The van der Waals surface area contributed by atoms with Crippen molar-refractivity contribution in [1.82, 2.24) is 0 Å². The molecule has 0 spiro atoms. The molecular weight excluding hydrogens is 478 g/mol. The molecule has 7 heteroatoms. The molecule has 2 N–H and O–H groups in total. The molecule has 1 saturated heterocycles. The lowest BCUT2D eigenvalue weighted by Gasteiger charge is -2.44. The van der Waals surface area contributed by atoms with Gasteiger partial charge < -0.3 is 29.7 Å².